The molecule has 4 nitrogen and oxygen atoms in total. The van der Waals surface area contributed by atoms with Gasteiger partial charge in [0.1, 0.15) is 0 Å². The van der Waals surface area contributed by atoms with Gasteiger partial charge in [0, 0.05) is 48.4 Å². The van der Waals surface area contributed by atoms with Crippen molar-refractivity contribution >= 4 is 89.0 Å². The van der Waals surface area contributed by atoms with Gasteiger partial charge in [-0.15, -0.1) is 56.7 Å². The monoisotopic (exact) mass is 628 g/mol. The highest BCUT2D eigenvalue weighted by Crippen LogP contribution is 2.48. The second-order valence-corrected chi connectivity index (χ2v) is 14.6. The summed E-state index contributed by atoms with van der Waals surface area (Å²) in [4.78, 5) is 37.6. The second-order valence-electron chi connectivity index (χ2n) is 9.20. The molecule has 7 rings (SSSR count). The van der Waals surface area contributed by atoms with Gasteiger partial charge < -0.3 is 5.11 Å². The van der Waals surface area contributed by atoms with E-state index in [0.717, 1.165) is 20.2 Å². The summed E-state index contributed by atoms with van der Waals surface area (Å²) in [5.41, 5.74) is 2.16. The van der Waals surface area contributed by atoms with Crippen LogP contribution in [0.15, 0.2) is 84.9 Å². The Bertz CT molecular complexity index is 1990. The fourth-order valence-electron chi connectivity index (χ4n) is 4.69. The number of fused-ring (bicyclic) bond motifs is 2. The number of thiophene rings is 5. The lowest BCUT2D eigenvalue weighted by Crippen LogP contribution is -1.99. The van der Waals surface area contributed by atoms with Crippen LogP contribution in [0.2, 0.25) is 0 Å². The lowest BCUT2D eigenvalue weighted by atomic mass is 10.1. The molecular formula is C32H20O4S5. The van der Waals surface area contributed by atoms with E-state index in [9.17, 15) is 9.90 Å². The van der Waals surface area contributed by atoms with Gasteiger partial charge in [-0.05, 0) is 77.4 Å². The van der Waals surface area contributed by atoms with E-state index >= 15 is 0 Å². The number of aryl methyl sites for hydroxylation is 1. The molecule has 5 heterocycles. The molecule has 0 radical (unpaired) electrons. The standard InChI is InChI=1S/C31H20O2S5.CO2/c1-17-12-25(26-13-18-6-2-4-8-21(18)34-26)37-30(17)23-10-11-24(36-23)31-20(16-29(32)33)15-28(38-31)27-14-19-7-3-5-9-22(19)35-27;2-1-3/h2-15H,16H2,1H3,(H,32,33);. The second kappa shape index (κ2) is 11.7. The number of rotatable bonds is 6. The van der Waals surface area contributed by atoms with E-state index < -0.39 is 5.97 Å². The Morgan fingerprint density at radius 1 is 0.634 bits per heavy atom. The lowest BCUT2D eigenvalue weighted by molar-refractivity contribution is -0.191. The first-order chi connectivity index (χ1) is 19.9. The SMILES string of the molecule is Cc1cc(-c2cc3ccccc3s2)sc1-c1ccc(-c2sc(-c3cc4ccccc4s3)cc2CC(=O)O)s1.O=C=O. The summed E-state index contributed by atoms with van der Waals surface area (Å²) in [5.74, 6) is -0.800. The Balaban J connectivity index is 0.000000967. The third kappa shape index (κ3) is 5.61. The molecule has 0 atom stereocenters. The number of carboxylic acid groups (broad SMARTS) is 1. The predicted molar refractivity (Wildman–Crippen MR) is 174 cm³/mol. The topological polar surface area (TPSA) is 71.4 Å². The van der Waals surface area contributed by atoms with E-state index in [4.69, 9.17) is 9.59 Å². The molecule has 5 aromatic heterocycles. The highest BCUT2D eigenvalue weighted by molar-refractivity contribution is 7.31. The fourth-order valence-corrected chi connectivity index (χ4v) is 10.6. The van der Waals surface area contributed by atoms with Crippen molar-refractivity contribution < 1.29 is 19.5 Å². The van der Waals surface area contributed by atoms with Crippen molar-refractivity contribution in [2.45, 2.75) is 13.3 Å². The van der Waals surface area contributed by atoms with Crippen LogP contribution in [0.4, 0.5) is 0 Å². The summed E-state index contributed by atoms with van der Waals surface area (Å²) in [5, 5.41) is 12.1. The molecule has 0 aliphatic heterocycles. The van der Waals surface area contributed by atoms with Crippen molar-refractivity contribution in [3.8, 4) is 39.0 Å². The molecule has 0 aliphatic carbocycles. The third-order valence-electron chi connectivity index (χ3n) is 6.46. The quantitative estimate of drug-likeness (QED) is 0.199. The molecule has 41 heavy (non-hydrogen) atoms. The van der Waals surface area contributed by atoms with Crippen LogP contribution in [0.3, 0.4) is 0 Å². The van der Waals surface area contributed by atoms with Gasteiger partial charge in [0.25, 0.3) is 0 Å². The average molecular weight is 629 g/mol. The predicted octanol–water partition coefficient (Wildman–Crippen LogP) is 10.3. The maximum Gasteiger partial charge on any atom is 0.373 e. The smallest absolute Gasteiger partial charge is 0.373 e. The van der Waals surface area contributed by atoms with Gasteiger partial charge in [0.2, 0.25) is 0 Å². The minimum atomic E-state index is -0.800. The highest BCUT2D eigenvalue weighted by atomic mass is 32.1. The zero-order chi connectivity index (χ0) is 28.5. The average Bonchev–Trinajstić information content (AvgIpc) is 3.77. The van der Waals surface area contributed by atoms with Gasteiger partial charge in [-0.1, -0.05) is 36.4 Å². The minimum absolute atomic E-state index is 0.0259. The number of hydrogen-bond acceptors (Lipinski definition) is 8. The molecule has 0 unspecified atom stereocenters. The van der Waals surface area contributed by atoms with E-state index in [1.807, 2.05) is 22.7 Å². The first kappa shape index (κ1) is 27.5. The van der Waals surface area contributed by atoms with Crippen LogP contribution < -0.4 is 0 Å². The van der Waals surface area contributed by atoms with Gasteiger partial charge in [-0.25, -0.2) is 0 Å². The molecule has 0 spiro atoms. The third-order valence-corrected chi connectivity index (χ3v) is 12.9. The number of carboxylic acids is 1. The molecule has 0 amide bonds. The van der Waals surface area contributed by atoms with Crippen LogP contribution in [0.5, 0.6) is 0 Å². The summed E-state index contributed by atoms with van der Waals surface area (Å²) in [6.07, 6.45) is 0.276. The molecule has 0 saturated heterocycles. The van der Waals surface area contributed by atoms with Crippen molar-refractivity contribution in [1.29, 1.82) is 0 Å². The van der Waals surface area contributed by atoms with Crippen LogP contribution in [-0.4, -0.2) is 17.2 Å². The number of carbonyl (C=O) groups excluding carboxylic acids is 2. The zero-order valence-electron chi connectivity index (χ0n) is 21.5. The van der Waals surface area contributed by atoms with Gasteiger partial charge in [-0.2, -0.15) is 9.59 Å². The molecule has 7 aromatic rings. The van der Waals surface area contributed by atoms with Crippen molar-refractivity contribution in [2.24, 2.45) is 0 Å². The molecule has 9 heteroatoms. The molecule has 0 bridgehead atoms. The molecule has 1 N–H and O–H groups in total. The van der Waals surface area contributed by atoms with E-state index in [1.54, 1.807) is 34.0 Å². The van der Waals surface area contributed by atoms with E-state index in [1.165, 1.54) is 50.1 Å². The molecular weight excluding hydrogens is 609 g/mol. The van der Waals surface area contributed by atoms with Crippen LogP contribution in [-0.2, 0) is 20.8 Å². The maximum absolute atomic E-state index is 11.7. The first-order valence-corrected chi connectivity index (χ1v) is 16.5. The summed E-state index contributed by atoms with van der Waals surface area (Å²) >= 11 is 8.90. The first-order valence-electron chi connectivity index (χ1n) is 12.5. The van der Waals surface area contributed by atoms with E-state index in [2.05, 4.69) is 91.9 Å². The molecule has 0 aliphatic rings. The Kier molecular flexibility index (Phi) is 7.81. The molecule has 0 fully saturated rings. The zero-order valence-corrected chi connectivity index (χ0v) is 25.6. The van der Waals surface area contributed by atoms with Gasteiger partial charge >= 0.3 is 12.1 Å². The molecule has 0 saturated carbocycles. The van der Waals surface area contributed by atoms with Crippen molar-refractivity contribution in [2.75, 3.05) is 0 Å². The van der Waals surface area contributed by atoms with E-state index in [-0.39, 0.29) is 12.6 Å². The van der Waals surface area contributed by atoms with Crippen molar-refractivity contribution in [3.63, 3.8) is 0 Å². The molecule has 202 valence electrons. The van der Waals surface area contributed by atoms with Crippen molar-refractivity contribution in [1.82, 2.24) is 0 Å². The van der Waals surface area contributed by atoms with Crippen LogP contribution >= 0.6 is 56.7 Å². The summed E-state index contributed by atoms with van der Waals surface area (Å²) in [6, 6.07) is 30.1. The van der Waals surface area contributed by atoms with Crippen LogP contribution in [0, 0.1) is 6.92 Å². The summed E-state index contributed by atoms with van der Waals surface area (Å²) in [6.45, 7) is 2.18. The fraction of sp³-hybridized carbons (Fsp3) is 0.0625. The summed E-state index contributed by atoms with van der Waals surface area (Å²) in [7, 11) is 0. The Labute approximate surface area is 255 Å². The molecule has 2 aromatic carbocycles. The Morgan fingerprint density at radius 2 is 1.12 bits per heavy atom. The number of hydrogen-bond donors (Lipinski definition) is 1. The van der Waals surface area contributed by atoms with E-state index in [0.29, 0.717) is 0 Å². The maximum atomic E-state index is 11.7. The number of carbonyl (C=O) groups is 1. The highest BCUT2D eigenvalue weighted by Gasteiger charge is 2.19. The van der Waals surface area contributed by atoms with Crippen LogP contribution in [0.25, 0.3) is 59.2 Å². The number of aliphatic carboxylic acids is 1. The Hall–Kier alpha value is -3.69. The minimum Gasteiger partial charge on any atom is -0.481 e. The number of benzene rings is 2. The lowest BCUT2D eigenvalue weighted by Gasteiger charge is -1.98. The normalized spacial score (nSPS) is 11.0. The van der Waals surface area contributed by atoms with Gasteiger partial charge in [0.15, 0.2) is 0 Å². The van der Waals surface area contributed by atoms with Gasteiger partial charge in [-0.3, -0.25) is 4.79 Å². The van der Waals surface area contributed by atoms with Crippen molar-refractivity contribution in [3.05, 3.63) is 96.1 Å². The Morgan fingerprint density at radius 3 is 1.68 bits per heavy atom. The van der Waals surface area contributed by atoms with Crippen LogP contribution in [0.1, 0.15) is 11.1 Å². The van der Waals surface area contributed by atoms with Gasteiger partial charge in [0.05, 0.1) is 6.42 Å². The summed E-state index contributed by atoms with van der Waals surface area (Å²) < 4.78 is 2.56. The largest absolute Gasteiger partial charge is 0.481 e.